The molecule has 1 fully saturated rings. The van der Waals surface area contributed by atoms with Crippen LogP contribution in [-0.4, -0.2) is 68.5 Å². The van der Waals surface area contributed by atoms with Crippen LogP contribution in [0, 0.1) is 11.8 Å². The molecule has 276 valence electrons. The molecule has 0 bridgehead atoms. The monoisotopic (exact) mass is 728 g/mol. The normalized spacial score (nSPS) is 19.8. The van der Waals surface area contributed by atoms with Gasteiger partial charge in [0, 0.05) is 25.1 Å². The highest BCUT2D eigenvalue weighted by Crippen LogP contribution is 2.33. The largest absolute Gasteiger partial charge is 0.573 e. The van der Waals surface area contributed by atoms with Crippen LogP contribution in [0.4, 0.5) is 26.3 Å². The maximum absolute atomic E-state index is 13.4. The van der Waals surface area contributed by atoms with Crippen molar-refractivity contribution in [2.75, 3.05) is 27.1 Å². The number of nitrogens with one attached hydrogen (secondary N) is 1. The summed E-state index contributed by atoms with van der Waals surface area (Å²) in [5.74, 6) is -3.98. The second kappa shape index (κ2) is 16.8. The number of nitrogens with zero attached hydrogens (tertiary/aromatic N) is 1. The van der Waals surface area contributed by atoms with E-state index in [1.165, 1.54) is 43.6 Å². The van der Waals surface area contributed by atoms with Crippen molar-refractivity contribution in [2.45, 2.75) is 51.4 Å². The third-order valence-corrected chi connectivity index (χ3v) is 7.89. The Morgan fingerprint density at radius 1 is 0.941 bits per heavy atom. The van der Waals surface area contributed by atoms with E-state index in [0.29, 0.717) is 11.1 Å². The van der Waals surface area contributed by atoms with E-state index < -0.39 is 72.5 Å². The Bertz CT molecular complexity index is 1650. The number of methoxy groups -OCH3 is 1. The predicted octanol–water partition coefficient (Wildman–Crippen LogP) is 5.69. The number of aromatic nitrogens is 1. The lowest BCUT2D eigenvalue weighted by Crippen LogP contribution is -2.46. The Labute approximate surface area is 288 Å². The number of cyclic esters (lactones) is 1. The Morgan fingerprint density at radius 2 is 1.59 bits per heavy atom. The molecule has 0 spiro atoms. The van der Waals surface area contributed by atoms with Crippen LogP contribution in [0.15, 0.2) is 60.8 Å². The molecular formula is C34H34F6N2O9. The summed E-state index contributed by atoms with van der Waals surface area (Å²) in [4.78, 5) is 42.1. The summed E-state index contributed by atoms with van der Waals surface area (Å²) in [6, 6.07) is 9.71. The van der Waals surface area contributed by atoms with Crippen molar-refractivity contribution in [2.24, 2.45) is 11.8 Å². The number of rotatable bonds is 11. The first-order valence-electron chi connectivity index (χ1n) is 15.4. The van der Waals surface area contributed by atoms with Crippen molar-refractivity contribution in [3.05, 3.63) is 83.2 Å². The lowest BCUT2D eigenvalue weighted by atomic mass is 9.80. The molecule has 17 heteroatoms. The number of alkyl halides is 6. The van der Waals surface area contributed by atoms with Gasteiger partial charge >= 0.3 is 24.5 Å². The molecule has 4 atom stereocenters. The van der Waals surface area contributed by atoms with Crippen molar-refractivity contribution in [3.63, 3.8) is 0 Å². The van der Waals surface area contributed by atoms with E-state index >= 15 is 0 Å². The predicted molar refractivity (Wildman–Crippen MR) is 165 cm³/mol. The fourth-order valence-electron chi connectivity index (χ4n) is 5.43. The molecule has 1 saturated heterocycles. The van der Waals surface area contributed by atoms with E-state index in [2.05, 4.69) is 15.0 Å². The fourth-order valence-corrected chi connectivity index (χ4v) is 5.43. The number of hydrogen-bond donors (Lipinski definition) is 1. The van der Waals surface area contributed by atoms with E-state index in [0.717, 1.165) is 31.2 Å². The van der Waals surface area contributed by atoms with E-state index in [1.54, 1.807) is 6.92 Å². The first-order valence-corrected chi connectivity index (χ1v) is 15.4. The number of hydrogen-bond acceptors (Lipinski definition) is 10. The molecule has 0 radical (unpaired) electrons. The van der Waals surface area contributed by atoms with Crippen LogP contribution in [0.2, 0.25) is 0 Å². The smallest absolute Gasteiger partial charge is 0.493 e. The van der Waals surface area contributed by atoms with Crippen LogP contribution in [-0.2, 0) is 42.8 Å². The van der Waals surface area contributed by atoms with Gasteiger partial charge in [-0.1, -0.05) is 24.3 Å². The van der Waals surface area contributed by atoms with Gasteiger partial charge in [-0.25, -0.2) is 9.78 Å². The second-order valence-electron chi connectivity index (χ2n) is 11.5. The quantitative estimate of drug-likeness (QED) is 0.149. The number of amides is 1. The standard InChI is InChI=1S/C34H34F6N2O9/c1-19-26(15-22-6-10-25(11-7-22)51-34(38,39)40)23(14-21-4-8-24(9-5-21)33(35,36)37)16-47-17-27(32(45)50-19)42-31(44)29-30(49-18-48-20(2)43)28(46-3)12-13-41-29/h4-13,19,23,26-27H,14-18H2,1-3H3,(H,42,44)/t19-,23-,26-,27-/m0/s1. The van der Waals surface area contributed by atoms with Crippen LogP contribution in [0.1, 0.15) is 41.0 Å². The zero-order valence-electron chi connectivity index (χ0n) is 27.5. The number of halogens is 6. The van der Waals surface area contributed by atoms with Gasteiger partial charge in [0.2, 0.25) is 6.79 Å². The molecule has 1 aliphatic heterocycles. The zero-order chi connectivity index (χ0) is 37.3. The lowest BCUT2D eigenvalue weighted by molar-refractivity contribution is -0.274. The molecule has 2 aromatic carbocycles. The maximum Gasteiger partial charge on any atom is 0.573 e. The van der Waals surface area contributed by atoms with Crippen LogP contribution in [0.3, 0.4) is 0 Å². The maximum atomic E-state index is 13.4. The second-order valence-corrected chi connectivity index (χ2v) is 11.5. The first-order chi connectivity index (χ1) is 24.0. The topological polar surface area (TPSA) is 132 Å². The van der Waals surface area contributed by atoms with Gasteiger partial charge in [0.15, 0.2) is 23.2 Å². The molecule has 11 nitrogen and oxygen atoms in total. The highest BCUT2D eigenvalue weighted by Gasteiger charge is 2.37. The average molecular weight is 729 g/mol. The molecule has 3 aromatic rings. The van der Waals surface area contributed by atoms with E-state index in [4.69, 9.17) is 23.7 Å². The Kier molecular flexibility index (Phi) is 12.7. The van der Waals surface area contributed by atoms with Crippen LogP contribution in [0.25, 0.3) is 0 Å². The van der Waals surface area contributed by atoms with E-state index in [9.17, 15) is 40.7 Å². The zero-order valence-corrected chi connectivity index (χ0v) is 27.5. The molecule has 1 aromatic heterocycles. The van der Waals surface area contributed by atoms with Crippen molar-refractivity contribution >= 4 is 17.8 Å². The fraction of sp³-hybridized carbons (Fsp3) is 0.412. The third-order valence-electron chi connectivity index (χ3n) is 7.89. The molecule has 0 unspecified atom stereocenters. The van der Waals surface area contributed by atoms with E-state index in [1.807, 2.05) is 0 Å². The Morgan fingerprint density at radius 3 is 2.20 bits per heavy atom. The molecular weight excluding hydrogens is 694 g/mol. The SMILES string of the molecule is COc1ccnc(C(=O)N[C@H]2COC[C@H](Cc3ccc(C(F)(F)F)cc3)[C@@H](Cc3ccc(OC(F)(F)F)cc3)[C@H](C)OC2=O)c1OCOC(C)=O. The van der Waals surface area contributed by atoms with Crippen molar-refractivity contribution in [3.8, 4) is 17.2 Å². The average Bonchev–Trinajstić information content (AvgIpc) is 3.10. The Balaban J connectivity index is 1.58. The molecule has 0 saturated carbocycles. The summed E-state index contributed by atoms with van der Waals surface area (Å²) < 4.78 is 109. The minimum absolute atomic E-state index is 0.0392. The lowest BCUT2D eigenvalue weighted by Gasteiger charge is -2.31. The number of pyridine rings is 1. The van der Waals surface area contributed by atoms with E-state index in [-0.39, 0.29) is 43.2 Å². The molecule has 1 amide bonds. The van der Waals surface area contributed by atoms with Crippen molar-refractivity contribution in [1.82, 2.24) is 10.3 Å². The molecule has 0 aliphatic carbocycles. The van der Waals surface area contributed by atoms with Gasteiger partial charge in [0.05, 0.1) is 25.9 Å². The van der Waals surface area contributed by atoms with Crippen molar-refractivity contribution < 1.29 is 69.1 Å². The van der Waals surface area contributed by atoms with Gasteiger partial charge in [0.1, 0.15) is 11.9 Å². The minimum Gasteiger partial charge on any atom is -0.493 e. The van der Waals surface area contributed by atoms with Gasteiger partial charge in [-0.05, 0) is 61.1 Å². The van der Waals surface area contributed by atoms with Crippen LogP contribution in [0.5, 0.6) is 17.2 Å². The molecule has 2 heterocycles. The molecule has 1 aliphatic rings. The summed E-state index contributed by atoms with van der Waals surface area (Å²) in [5, 5.41) is 2.51. The van der Waals surface area contributed by atoms with Gasteiger partial charge < -0.3 is 33.7 Å². The third kappa shape index (κ3) is 11.2. The molecule has 4 rings (SSSR count). The summed E-state index contributed by atoms with van der Waals surface area (Å²) in [6.45, 7) is 1.78. The highest BCUT2D eigenvalue weighted by atomic mass is 19.4. The van der Waals surface area contributed by atoms with Gasteiger partial charge in [0.25, 0.3) is 5.91 Å². The summed E-state index contributed by atoms with van der Waals surface area (Å²) >= 11 is 0. The van der Waals surface area contributed by atoms with Crippen LogP contribution < -0.4 is 19.5 Å². The van der Waals surface area contributed by atoms with Gasteiger partial charge in [-0.3, -0.25) is 9.59 Å². The van der Waals surface area contributed by atoms with Crippen LogP contribution >= 0.6 is 0 Å². The number of carbonyl (C=O) groups excluding carboxylic acids is 3. The van der Waals surface area contributed by atoms with Crippen molar-refractivity contribution in [1.29, 1.82) is 0 Å². The summed E-state index contributed by atoms with van der Waals surface area (Å²) in [6.07, 6.45) is -8.69. The molecule has 51 heavy (non-hydrogen) atoms. The minimum atomic E-state index is -4.89. The highest BCUT2D eigenvalue weighted by molar-refractivity contribution is 5.98. The number of ether oxygens (including phenoxy) is 6. The molecule has 1 N–H and O–H groups in total. The number of esters is 2. The summed E-state index contributed by atoms with van der Waals surface area (Å²) in [7, 11) is 1.31. The van der Waals surface area contributed by atoms with Gasteiger partial charge in [-0.15, -0.1) is 13.2 Å². The number of carbonyl (C=O) groups is 3. The summed E-state index contributed by atoms with van der Waals surface area (Å²) in [5.41, 5.74) is -0.0490. The first kappa shape index (κ1) is 38.7. The Hall–Kier alpha value is -5.06. The van der Waals surface area contributed by atoms with Gasteiger partial charge in [-0.2, -0.15) is 13.2 Å². The number of benzene rings is 2.